The maximum absolute atomic E-state index is 11.8. The average molecular weight is 446 g/mol. The van der Waals surface area contributed by atoms with Gasteiger partial charge in [0.1, 0.15) is 24.4 Å². The number of aliphatic hydroxyl groups excluding tert-OH is 4. The molecule has 5 atom stereocenters. The molecule has 1 saturated heterocycles. The summed E-state index contributed by atoms with van der Waals surface area (Å²) in [5, 5.41) is 51.5. The minimum Gasteiger partial charge on any atom is -0.492 e. The molecule has 1 fully saturated rings. The predicted octanol–water partition coefficient (Wildman–Crippen LogP) is -1.17. The Morgan fingerprint density at radius 1 is 1.06 bits per heavy atom. The zero-order chi connectivity index (χ0) is 23.3. The van der Waals surface area contributed by atoms with E-state index in [9.17, 15) is 30.3 Å². The van der Waals surface area contributed by atoms with Crippen molar-refractivity contribution in [3.05, 3.63) is 17.2 Å². The molecule has 1 aromatic rings. The van der Waals surface area contributed by atoms with Gasteiger partial charge in [0.05, 0.1) is 40.1 Å². The molecule has 1 aliphatic heterocycles. The second-order valence-corrected chi connectivity index (χ2v) is 6.95. The van der Waals surface area contributed by atoms with Crippen molar-refractivity contribution in [3.63, 3.8) is 0 Å². The van der Waals surface area contributed by atoms with Crippen LogP contribution in [0.4, 0.5) is 0 Å². The van der Waals surface area contributed by atoms with Gasteiger partial charge in [0.25, 0.3) is 0 Å². The number of esters is 1. The van der Waals surface area contributed by atoms with E-state index in [2.05, 4.69) is 0 Å². The van der Waals surface area contributed by atoms with Crippen LogP contribution in [0.1, 0.15) is 24.5 Å². The highest BCUT2D eigenvalue weighted by molar-refractivity contribution is 5.70. The highest BCUT2D eigenvalue weighted by atomic mass is 16.7. The first kappa shape index (κ1) is 25.1. The van der Waals surface area contributed by atoms with E-state index in [0.717, 1.165) is 0 Å². The maximum atomic E-state index is 11.8. The third-order valence-corrected chi connectivity index (χ3v) is 5.14. The summed E-state index contributed by atoms with van der Waals surface area (Å²) in [6.45, 7) is 1.16. The standard InChI is InChI=1S/C20H30O11/c1-5-30-13(22)7-6-10-8-11(17(28-3)18(29-4)16(10)27-2)20(26)19(25)15(24)14(23)12(9-21)31-20/h8,12,14-15,19,21,23-26H,5-7,9H2,1-4H3/t12-,14-,15+,19-,20?/m1/s1. The van der Waals surface area contributed by atoms with Crippen LogP contribution in [0.5, 0.6) is 17.2 Å². The van der Waals surface area contributed by atoms with Crippen LogP contribution in [0.3, 0.4) is 0 Å². The molecule has 0 aromatic heterocycles. The number of aryl methyl sites for hydroxylation is 1. The molecular weight excluding hydrogens is 416 g/mol. The summed E-state index contributed by atoms with van der Waals surface area (Å²) in [6, 6.07) is 1.38. The van der Waals surface area contributed by atoms with E-state index in [4.69, 9.17) is 23.7 Å². The summed E-state index contributed by atoms with van der Waals surface area (Å²) in [6.07, 6.45) is -6.77. The second-order valence-electron chi connectivity index (χ2n) is 6.95. The first-order chi connectivity index (χ1) is 14.7. The van der Waals surface area contributed by atoms with Crippen LogP contribution in [-0.4, -0.2) is 90.5 Å². The highest BCUT2D eigenvalue weighted by Gasteiger charge is 2.55. The Hall–Kier alpha value is -2.15. The van der Waals surface area contributed by atoms with E-state index < -0.39 is 42.8 Å². The lowest BCUT2D eigenvalue weighted by atomic mass is 9.86. The minimum absolute atomic E-state index is 0.0123. The highest BCUT2D eigenvalue weighted by Crippen LogP contribution is 2.49. The number of ether oxygens (including phenoxy) is 5. The van der Waals surface area contributed by atoms with Gasteiger partial charge in [-0.2, -0.15) is 0 Å². The fourth-order valence-electron chi connectivity index (χ4n) is 3.59. The normalized spacial score (nSPS) is 28.2. The average Bonchev–Trinajstić information content (AvgIpc) is 2.77. The van der Waals surface area contributed by atoms with E-state index >= 15 is 0 Å². The molecule has 0 spiro atoms. The Morgan fingerprint density at radius 2 is 1.68 bits per heavy atom. The zero-order valence-electron chi connectivity index (χ0n) is 17.9. The molecule has 1 aliphatic rings. The van der Waals surface area contributed by atoms with Crippen molar-refractivity contribution in [1.82, 2.24) is 0 Å². The molecule has 0 aliphatic carbocycles. The van der Waals surface area contributed by atoms with Gasteiger partial charge in [-0.1, -0.05) is 0 Å². The van der Waals surface area contributed by atoms with Gasteiger partial charge in [-0.15, -0.1) is 0 Å². The van der Waals surface area contributed by atoms with Crippen molar-refractivity contribution in [2.24, 2.45) is 0 Å². The lowest BCUT2D eigenvalue weighted by Crippen LogP contribution is -2.63. The fraction of sp³-hybridized carbons (Fsp3) is 0.650. The van der Waals surface area contributed by atoms with Gasteiger partial charge in [0.2, 0.25) is 11.5 Å². The van der Waals surface area contributed by atoms with E-state index in [1.807, 2.05) is 0 Å². The molecule has 0 radical (unpaired) electrons. The molecular formula is C20H30O11. The van der Waals surface area contributed by atoms with Crippen LogP contribution in [-0.2, 0) is 26.5 Å². The molecule has 31 heavy (non-hydrogen) atoms. The van der Waals surface area contributed by atoms with Crippen LogP contribution >= 0.6 is 0 Å². The molecule has 5 N–H and O–H groups in total. The summed E-state index contributed by atoms with van der Waals surface area (Å²) >= 11 is 0. The van der Waals surface area contributed by atoms with Crippen LogP contribution in [0, 0.1) is 0 Å². The number of methoxy groups -OCH3 is 3. The Morgan fingerprint density at radius 3 is 2.19 bits per heavy atom. The molecule has 0 saturated carbocycles. The first-order valence-corrected chi connectivity index (χ1v) is 9.73. The van der Waals surface area contributed by atoms with Gasteiger partial charge in [-0.25, -0.2) is 0 Å². The van der Waals surface area contributed by atoms with Gasteiger partial charge >= 0.3 is 5.97 Å². The van der Waals surface area contributed by atoms with Crippen molar-refractivity contribution >= 4 is 5.97 Å². The Bertz CT molecular complexity index is 766. The molecule has 11 nitrogen and oxygen atoms in total. The van der Waals surface area contributed by atoms with Crippen LogP contribution in [0.15, 0.2) is 6.07 Å². The smallest absolute Gasteiger partial charge is 0.306 e. The largest absolute Gasteiger partial charge is 0.492 e. The van der Waals surface area contributed by atoms with Crippen molar-refractivity contribution < 1.29 is 54.0 Å². The number of carbonyl (C=O) groups is 1. The van der Waals surface area contributed by atoms with Crippen molar-refractivity contribution in [2.45, 2.75) is 50.0 Å². The third kappa shape index (κ3) is 4.71. The lowest BCUT2D eigenvalue weighted by Gasteiger charge is -2.46. The van der Waals surface area contributed by atoms with Gasteiger partial charge in [0.15, 0.2) is 11.5 Å². The molecule has 1 aromatic carbocycles. The Balaban J connectivity index is 2.64. The maximum Gasteiger partial charge on any atom is 0.306 e. The first-order valence-electron chi connectivity index (χ1n) is 9.73. The van der Waals surface area contributed by atoms with Crippen molar-refractivity contribution in [1.29, 1.82) is 0 Å². The van der Waals surface area contributed by atoms with Gasteiger partial charge in [-0.05, 0) is 25.0 Å². The summed E-state index contributed by atoms with van der Waals surface area (Å²) in [7, 11) is 4.00. The molecule has 176 valence electrons. The lowest BCUT2D eigenvalue weighted by molar-refractivity contribution is -0.358. The number of aliphatic hydroxyl groups is 5. The van der Waals surface area contributed by atoms with Gasteiger partial charge in [0, 0.05) is 6.42 Å². The van der Waals surface area contributed by atoms with Gasteiger partial charge in [-0.3, -0.25) is 4.79 Å². The minimum atomic E-state index is -2.59. The van der Waals surface area contributed by atoms with E-state index in [-0.39, 0.29) is 42.3 Å². The molecule has 11 heteroatoms. The SMILES string of the molecule is CCOC(=O)CCc1cc(C2(O)O[C@H](CO)[C@@H](O)[C@H](O)[C@H]2O)c(OC)c(OC)c1OC. The van der Waals surface area contributed by atoms with Crippen molar-refractivity contribution in [2.75, 3.05) is 34.5 Å². The number of carbonyl (C=O) groups excluding carboxylic acids is 1. The van der Waals surface area contributed by atoms with Crippen LogP contribution in [0.25, 0.3) is 0 Å². The molecule has 2 rings (SSSR count). The number of hydrogen-bond donors (Lipinski definition) is 5. The summed E-state index contributed by atoms with van der Waals surface area (Å²) in [5.74, 6) is -2.84. The van der Waals surface area contributed by atoms with Crippen LogP contribution in [0.2, 0.25) is 0 Å². The Labute approximate surface area is 179 Å². The monoisotopic (exact) mass is 446 g/mol. The fourth-order valence-corrected chi connectivity index (χ4v) is 3.59. The summed E-state index contributed by atoms with van der Waals surface area (Å²) < 4.78 is 26.5. The van der Waals surface area contributed by atoms with Crippen LogP contribution < -0.4 is 14.2 Å². The van der Waals surface area contributed by atoms with Gasteiger partial charge < -0.3 is 49.2 Å². The zero-order valence-corrected chi connectivity index (χ0v) is 17.9. The molecule has 1 unspecified atom stereocenters. The Kier molecular flexibility index (Phi) is 8.46. The predicted molar refractivity (Wildman–Crippen MR) is 105 cm³/mol. The van der Waals surface area contributed by atoms with Crippen molar-refractivity contribution in [3.8, 4) is 17.2 Å². The summed E-state index contributed by atoms with van der Waals surface area (Å²) in [4.78, 5) is 11.8. The summed E-state index contributed by atoms with van der Waals surface area (Å²) in [5.41, 5.74) is 0.247. The number of hydrogen-bond acceptors (Lipinski definition) is 11. The molecule has 0 bridgehead atoms. The number of benzene rings is 1. The van der Waals surface area contributed by atoms with E-state index in [1.54, 1.807) is 6.92 Å². The topological polar surface area (TPSA) is 164 Å². The second kappa shape index (κ2) is 10.4. The van der Waals surface area contributed by atoms with E-state index in [0.29, 0.717) is 5.56 Å². The molecule has 1 heterocycles. The third-order valence-electron chi connectivity index (χ3n) is 5.14. The quantitative estimate of drug-likeness (QED) is 0.290. The number of rotatable bonds is 9. The molecule has 0 amide bonds. The van der Waals surface area contributed by atoms with E-state index in [1.165, 1.54) is 27.4 Å².